The molecule has 0 aliphatic carbocycles. The molecule has 2 aromatic heterocycles. The molecule has 192 valence electrons. The summed E-state index contributed by atoms with van der Waals surface area (Å²) in [4.78, 5) is 32.1. The van der Waals surface area contributed by atoms with Crippen molar-refractivity contribution in [1.29, 1.82) is 0 Å². The fraction of sp³-hybridized carbons (Fsp3) is 0.308. The average Bonchev–Trinajstić information content (AvgIpc) is 3.53. The standard InChI is InChI=1S/C26H26N4O6S/c31-24(32)17-13-16(14-18(15-17)25(33)34)20-4-5-21(36-20)23-22(19-3-1-2-6-27-19)28-26(37)30(23)8-7-29-9-11-35-12-10-29/h1-6,13-15,22-23H,7-12H2,(H,28,37)(H,31,32)(H,33,34)/t22-,23-/m1/s1. The smallest absolute Gasteiger partial charge is 0.335 e. The molecule has 37 heavy (non-hydrogen) atoms. The van der Waals surface area contributed by atoms with E-state index in [0.717, 1.165) is 31.4 Å². The topological polar surface area (TPSA) is 128 Å². The number of nitrogens with zero attached hydrogens (tertiary/aromatic N) is 3. The number of aromatic nitrogens is 1. The first-order valence-corrected chi connectivity index (χ1v) is 12.3. The molecule has 3 aromatic rings. The number of hydrogen-bond acceptors (Lipinski definition) is 7. The van der Waals surface area contributed by atoms with Gasteiger partial charge >= 0.3 is 11.9 Å². The van der Waals surface area contributed by atoms with Crippen LogP contribution in [0.25, 0.3) is 11.3 Å². The summed E-state index contributed by atoms with van der Waals surface area (Å²) in [6.07, 6.45) is 1.73. The second-order valence-electron chi connectivity index (χ2n) is 8.89. The van der Waals surface area contributed by atoms with Crippen LogP contribution in [0.5, 0.6) is 0 Å². The number of carboxylic acid groups (broad SMARTS) is 2. The van der Waals surface area contributed by atoms with Crippen LogP contribution in [-0.2, 0) is 4.74 Å². The van der Waals surface area contributed by atoms with E-state index >= 15 is 0 Å². The van der Waals surface area contributed by atoms with Crippen molar-refractivity contribution >= 4 is 29.3 Å². The predicted molar refractivity (Wildman–Crippen MR) is 137 cm³/mol. The Morgan fingerprint density at radius 2 is 1.76 bits per heavy atom. The molecule has 0 radical (unpaired) electrons. The van der Waals surface area contributed by atoms with Crippen molar-refractivity contribution in [3.8, 4) is 11.3 Å². The zero-order chi connectivity index (χ0) is 25.9. The fourth-order valence-corrected chi connectivity index (χ4v) is 5.04. The predicted octanol–water partition coefficient (Wildman–Crippen LogP) is 3.04. The SMILES string of the molecule is O=C(O)c1cc(C(=O)O)cc(-c2ccc([C@@H]3[C@@H](c4ccccn4)NC(=S)N3CCN3CCOCC3)o2)c1. The zero-order valence-corrected chi connectivity index (χ0v) is 20.7. The minimum Gasteiger partial charge on any atom is -0.478 e. The minimum absolute atomic E-state index is 0.130. The highest BCUT2D eigenvalue weighted by Gasteiger charge is 2.41. The molecule has 10 nitrogen and oxygen atoms in total. The second-order valence-corrected chi connectivity index (χ2v) is 9.27. The molecular formula is C26H26N4O6S. The number of hydrogen-bond donors (Lipinski definition) is 3. The third-order valence-corrected chi connectivity index (χ3v) is 6.94. The van der Waals surface area contributed by atoms with Crippen molar-refractivity contribution in [2.45, 2.75) is 12.1 Å². The highest BCUT2D eigenvalue weighted by Crippen LogP contribution is 2.40. The van der Waals surface area contributed by atoms with Gasteiger partial charge in [-0.3, -0.25) is 9.88 Å². The van der Waals surface area contributed by atoms with E-state index in [1.54, 1.807) is 12.3 Å². The summed E-state index contributed by atoms with van der Waals surface area (Å²) < 4.78 is 11.7. The maximum absolute atomic E-state index is 11.6. The van der Waals surface area contributed by atoms with Crippen LogP contribution in [0.15, 0.2) is 59.1 Å². The van der Waals surface area contributed by atoms with Crippen LogP contribution in [0.2, 0.25) is 0 Å². The number of carboxylic acids is 2. The van der Waals surface area contributed by atoms with Gasteiger partial charge in [-0.1, -0.05) is 6.07 Å². The van der Waals surface area contributed by atoms with Gasteiger partial charge in [-0.05, 0) is 54.7 Å². The molecule has 1 aromatic carbocycles. The molecule has 2 atom stereocenters. The molecular weight excluding hydrogens is 496 g/mol. The molecule has 2 saturated heterocycles. The van der Waals surface area contributed by atoms with Crippen molar-refractivity contribution in [2.75, 3.05) is 39.4 Å². The van der Waals surface area contributed by atoms with Crippen molar-refractivity contribution in [2.24, 2.45) is 0 Å². The van der Waals surface area contributed by atoms with E-state index in [4.69, 9.17) is 21.4 Å². The van der Waals surface area contributed by atoms with Gasteiger partial charge in [0, 0.05) is 37.9 Å². The number of rotatable bonds is 8. The number of thiocarbonyl (C=S) groups is 1. The summed E-state index contributed by atoms with van der Waals surface area (Å²) >= 11 is 5.72. The lowest BCUT2D eigenvalue weighted by Crippen LogP contribution is -2.42. The first-order chi connectivity index (χ1) is 17.9. The third-order valence-electron chi connectivity index (χ3n) is 6.59. The fourth-order valence-electron chi connectivity index (χ4n) is 4.71. The molecule has 4 heterocycles. The van der Waals surface area contributed by atoms with Crippen LogP contribution in [0.3, 0.4) is 0 Å². The number of furan rings is 1. The van der Waals surface area contributed by atoms with Gasteiger partial charge < -0.3 is 29.6 Å². The number of carbonyl (C=O) groups is 2. The van der Waals surface area contributed by atoms with E-state index in [1.165, 1.54) is 12.1 Å². The normalized spacial score (nSPS) is 20.1. The Labute approximate surface area is 218 Å². The van der Waals surface area contributed by atoms with E-state index in [2.05, 4.69) is 20.1 Å². The number of benzene rings is 1. The molecule has 0 bridgehead atoms. The van der Waals surface area contributed by atoms with E-state index in [0.29, 0.717) is 42.0 Å². The molecule has 2 aliphatic rings. The van der Waals surface area contributed by atoms with Crippen molar-refractivity contribution < 1.29 is 29.0 Å². The molecule has 3 N–H and O–H groups in total. The van der Waals surface area contributed by atoms with Crippen LogP contribution in [-0.4, -0.2) is 81.4 Å². The Hall–Kier alpha value is -3.80. The summed E-state index contributed by atoms with van der Waals surface area (Å²) in [6, 6.07) is 12.6. The minimum atomic E-state index is -1.22. The molecule has 2 fully saturated rings. The van der Waals surface area contributed by atoms with Crippen LogP contribution >= 0.6 is 12.2 Å². The maximum atomic E-state index is 11.6. The third kappa shape index (κ3) is 5.33. The molecule has 0 amide bonds. The van der Waals surface area contributed by atoms with Crippen LogP contribution < -0.4 is 5.32 Å². The number of aromatic carboxylic acids is 2. The van der Waals surface area contributed by atoms with Gasteiger partial charge in [0.05, 0.1) is 36.1 Å². The molecule has 5 rings (SSSR count). The lowest BCUT2D eigenvalue weighted by atomic mass is 10.0. The van der Waals surface area contributed by atoms with Gasteiger partial charge in [-0.2, -0.15) is 0 Å². The van der Waals surface area contributed by atoms with E-state index < -0.39 is 11.9 Å². The number of morpholine rings is 1. The Morgan fingerprint density at radius 1 is 1.03 bits per heavy atom. The van der Waals surface area contributed by atoms with Crippen LogP contribution in [0, 0.1) is 0 Å². The second kappa shape index (κ2) is 10.7. The van der Waals surface area contributed by atoms with Gasteiger partial charge in [0.25, 0.3) is 0 Å². The Balaban J connectivity index is 1.48. The average molecular weight is 523 g/mol. The highest BCUT2D eigenvalue weighted by atomic mass is 32.1. The van der Waals surface area contributed by atoms with Crippen molar-refractivity contribution in [3.05, 3.63) is 77.3 Å². The Morgan fingerprint density at radius 3 is 2.41 bits per heavy atom. The summed E-state index contributed by atoms with van der Waals surface area (Å²) in [5.74, 6) is -1.46. The van der Waals surface area contributed by atoms with Gasteiger partial charge in [0.15, 0.2) is 5.11 Å². The lowest BCUT2D eigenvalue weighted by Gasteiger charge is -2.31. The first-order valence-electron chi connectivity index (χ1n) is 11.9. The van der Waals surface area contributed by atoms with Crippen molar-refractivity contribution in [1.82, 2.24) is 20.1 Å². The summed E-state index contributed by atoms with van der Waals surface area (Å²) in [5.41, 5.74) is 0.916. The van der Waals surface area contributed by atoms with Crippen molar-refractivity contribution in [3.63, 3.8) is 0 Å². The Kier molecular flexibility index (Phi) is 7.17. The maximum Gasteiger partial charge on any atom is 0.335 e. The quantitative estimate of drug-likeness (QED) is 0.378. The van der Waals surface area contributed by atoms with Gasteiger partial charge in [-0.15, -0.1) is 0 Å². The van der Waals surface area contributed by atoms with E-state index in [9.17, 15) is 19.8 Å². The largest absolute Gasteiger partial charge is 0.478 e. The zero-order valence-electron chi connectivity index (χ0n) is 19.9. The molecule has 2 aliphatic heterocycles. The number of nitrogens with one attached hydrogen (secondary N) is 1. The summed E-state index contributed by atoms with van der Waals surface area (Å²) in [5, 5.41) is 22.9. The van der Waals surface area contributed by atoms with Gasteiger partial charge in [0.1, 0.15) is 17.6 Å². The summed E-state index contributed by atoms with van der Waals surface area (Å²) in [7, 11) is 0. The first kappa shape index (κ1) is 24.9. The molecule has 11 heteroatoms. The molecule has 0 spiro atoms. The highest BCUT2D eigenvalue weighted by molar-refractivity contribution is 7.80. The summed E-state index contributed by atoms with van der Waals surface area (Å²) in [6.45, 7) is 4.59. The van der Waals surface area contributed by atoms with E-state index in [1.807, 2.05) is 24.3 Å². The Bertz CT molecular complexity index is 1280. The van der Waals surface area contributed by atoms with Crippen LogP contribution in [0.1, 0.15) is 44.3 Å². The van der Waals surface area contributed by atoms with Gasteiger partial charge in [-0.25, -0.2) is 9.59 Å². The number of pyridine rings is 1. The lowest BCUT2D eigenvalue weighted by molar-refractivity contribution is 0.0347. The van der Waals surface area contributed by atoms with E-state index in [-0.39, 0.29) is 23.2 Å². The molecule has 0 saturated carbocycles. The number of ether oxygens (including phenoxy) is 1. The monoisotopic (exact) mass is 522 g/mol. The van der Waals surface area contributed by atoms with Crippen LogP contribution in [0.4, 0.5) is 0 Å². The molecule has 0 unspecified atom stereocenters. The van der Waals surface area contributed by atoms with Gasteiger partial charge in [0.2, 0.25) is 0 Å².